The van der Waals surface area contributed by atoms with Crippen LogP contribution in [0, 0.1) is 5.92 Å². The minimum absolute atomic E-state index is 0.171. The average Bonchev–Trinajstić information content (AvgIpc) is 2.52. The van der Waals surface area contributed by atoms with Crippen LogP contribution in [0.25, 0.3) is 0 Å². The third-order valence-electron chi connectivity index (χ3n) is 3.44. The van der Waals surface area contributed by atoms with Crippen molar-refractivity contribution >= 4 is 0 Å². The second-order valence-corrected chi connectivity index (χ2v) is 4.83. The third-order valence-corrected chi connectivity index (χ3v) is 3.44. The lowest BCUT2D eigenvalue weighted by atomic mass is 9.77. The van der Waals surface area contributed by atoms with Gasteiger partial charge in [-0.1, -0.05) is 0 Å². The summed E-state index contributed by atoms with van der Waals surface area (Å²) in [6.07, 6.45) is 2.85. The highest BCUT2D eigenvalue weighted by atomic mass is 16.5. The van der Waals surface area contributed by atoms with Crippen molar-refractivity contribution in [1.29, 1.82) is 0 Å². The Morgan fingerprint density at radius 3 is 2.36 bits per heavy atom. The second kappa shape index (κ2) is 3.80. The number of hydrogen-bond donors (Lipinski definition) is 1. The quantitative estimate of drug-likeness (QED) is 0.694. The van der Waals surface area contributed by atoms with Crippen molar-refractivity contribution in [1.82, 2.24) is 0 Å². The van der Waals surface area contributed by atoms with Gasteiger partial charge in [-0.15, -0.1) is 0 Å². The van der Waals surface area contributed by atoms with E-state index in [1.54, 1.807) is 0 Å². The fraction of sp³-hybridized carbons (Fsp3) is 1.00. The highest BCUT2D eigenvalue weighted by Crippen LogP contribution is 2.38. The molecule has 0 radical (unpaired) electrons. The van der Waals surface area contributed by atoms with Gasteiger partial charge in [0.15, 0.2) is 0 Å². The van der Waals surface area contributed by atoms with Crippen LogP contribution in [0.5, 0.6) is 0 Å². The molecule has 3 heteroatoms. The maximum atomic E-state index is 10.6. The number of ether oxygens (including phenoxy) is 2. The van der Waals surface area contributed by atoms with Gasteiger partial charge < -0.3 is 14.6 Å². The van der Waals surface area contributed by atoms with Gasteiger partial charge in [-0.05, 0) is 20.3 Å². The Balaban J connectivity index is 2.05. The van der Waals surface area contributed by atoms with Gasteiger partial charge in [0.25, 0.3) is 0 Å². The smallest absolute Gasteiger partial charge is 0.0747 e. The van der Waals surface area contributed by atoms with Crippen molar-refractivity contribution in [2.45, 2.75) is 50.9 Å². The van der Waals surface area contributed by atoms with E-state index in [0.29, 0.717) is 5.92 Å². The fourth-order valence-corrected chi connectivity index (χ4v) is 2.86. The molecule has 2 heterocycles. The predicted molar refractivity (Wildman–Crippen MR) is 53.1 cm³/mol. The zero-order chi connectivity index (χ0) is 10.2. The fourth-order valence-electron chi connectivity index (χ4n) is 2.86. The molecule has 0 aromatic rings. The van der Waals surface area contributed by atoms with Gasteiger partial charge in [0.1, 0.15) is 0 Å². The molecule has 3 atom stereocenters. The van der Waals surface area contributed by atoms with E-state index in [0.717, 1.165) is 32.5 Å². The van der Waals surface area contributed by atoms with Crippen molar-refractivity contribution in [2.75, 3.05) is 13.2 Å². The van der Waals surface area contributed by atoms with E-state index in [4.69, 9.17) is 9.47 Å². The summed E-state index contributed by atoms with van der Waals surface area (Å²) in [4.78, 5) is 0. The molecule has 2 aliphatic rings. The van der Waals surface area contributed by atoms with E-state index in [-0.39, 0.29) is 12.2 Å². The molecule has 0 aromatic heterocycles. The van der Waals surface area contributed by atoms with Gasteiger partial charge in [0.2, 0.25) is 0 Å². The van der Waals surface area contributed by atoms with E-state index < -0.39 is 5.60 Å². The first kappa shape index (κ1) is 10.4. The summed E-state index contributed by atoms with van der Waals surface area (Å²) >= 11 is 0. The Morgan fingerprint density at radius 1 is 1.21 bits per heavy atom. The van der Waals surface area contributed by atoms with Crippen LogP contribution in [-0.2, 0) is 9.47 Å². The monoisotopic (exact) mass is 200 g/mol. The number of hydrogen-bond acceptors (Lipinski definition) is 3. The lowest BCUT2D eigenvalue weighted by Crippen LogP contribution is -2.48. The van der Waals surface area contributed by atoms with Gasteiger partial charge in [0.05, 0.1) is 24.4 Å². The van der Waals surface area contributed by atoms with Gasteiger partial charge in [-0.25, -0.2) is 0 Å². The Bertz CT molecular complexity index is 189. The maximum Gasteiger partial charge on any atom is 0.0747 e. The normalized spacial score (nSPS) is 49.5. The van der Waals surface area contributed by atoms with Crippen LogP contribution < -0.4 is 0 Å². The summed E-state index contributed by atoms with van der Waals surface area (Å²) in [6.45, 7) is 5.60. The topological polar surface area (TPSA) is 38.7 Å². The van der Waals surface area contributed by atoms with Gasteiger partial charge in [-0.3, -0.25) is 0 Å². The molecular formula is C11H20O3. The molecule has 0 bridgehead atoms. The lowest BCUT2D eigenvalue weighted by molar-refractivity contribution is -0.155. The van der Waals surface area contributed by atoms with Crippen LogP contribution in [0.15, 0.2) is 0 Å². The number of aliphatic hydroxyl groups is 1. The molecule has 0 aromatic carbocycles. The lowest BCUT2D eigenvalue weighted by Gasteiger charge is -2.42. The second-order valence-electron chi connectivity index (χ2n) is 4.83. The Hall–Kier alpha value is -0.120. The summed E-state index contributed by atoms with van der Waals surface area (Å²) in [6, 6.07) is 0. The van der Waals surface area contributed by atoms with Crippen molar-refractivity contribution in [2.24, 2.45) is 5.92 Å². The average molecular weight is 200 g/mol. The maximum absolute atomic E-state index is 10.6. The summed E-state index contributed by atoms with van der Waals surface area (Å²) < 4.78 is 11.0. The van der Waals surface area contributed by atoms with Gasteiger partial charge in [-0.2, -0.15) is 0 Å². The van der Waals surface area contributed by atoms with Gasteiger partial charge in [0, 0.05) is 25.4 Å². The van der Waals surface area contributed by atoms with Crippen molar-refractivity contribution in [3.05, 3.63) is 0 Å². The van der Waals surface area contributed by atoms with E-state index in [9.17, 15) is 5.11 Å². The van der Waals surface area contributed by atoms with Crippen LogP contribution in [0.3, 0.4) is 0 Å². The van der Waals surface area contributed by atoms with Crippen molar-refractivity contribution in [3.63, 3.8) is 0 Å². The Morgan fingerprint density at radius 2 is 1.86 bits per heavy atom. The molecular weight excluding hydrogens is 180 g/mol. The summed E-state index contributed by atoms with van der Waals surface area (Å²) in [7, 11) is 0. The molecule has 2 rings (SSSR count). The minimum atomic E-state index is -0.548. The molecule has 0 aliphatic carbocycles. The van der Waals surface area contributed by atoms with Gasteiger partial charge >= 0.3 is 0 Å². The SMILES string of the molecule is CC1CC(O)(C2CCOC2)CC(C)O1. The predicted octanol–water partition coefficient (Wildman–Crippen LogP) is 1.34. The molecule has 2 aliphatic heterocycles. The van der Waals surface area contributed by atoms with Crippen molar-refractivity contribution < 1.29 is 14.6 Å². The zero-order valence-electron chi connectivity index (χ0n) is 9.03. The van der Waals surface area contributed by atoms with E-state index in [2.05, 4.69) is 0 Å². The molecule has 82 valence electrons. The molecule has 3 nitrogen and oxygen atoms in total. The first-order chi connectivity index (χ1) is 6.60. The Kier molecular flexibility index (Phi) is 2.82. The molecule has 1 N–H and O–H groups in total. The third kappa shape index (κ3) is 1.95. The Labute approximate surface area is 85.4 Å². The summed E-state index contributed by atoms with van der Waals surface area (Å²) in [5, 5.41) is 10.6. The van der Waals surface area contributed by atoms with E-state index in [1.165, 1.54) is 0 Å². The van der Waals surface area contributed by atoms with Crippen LogP contribution in [0.1, 0.15) is 33.1 Å². The molecule has 3 unspecified atom stereocenters. The molecule has 14 heavy (non-hydrogen) atoms. The zero-order valence-corrected chi connectivity index (χ0v) is 9.03. The molecule has 2 fully saturated rings. The largest absolute Gasteiger partial charge is 0.389 e. The van der Waals surface area contributed by atoms with E-state index >= 15 is 0 Å². The number of rotatable bonds is 1. The summed E-state index contributed by atoms with van der Waals surface area (Å²) in [5.74, 6) is 0.316. The van der Waals surface area contributed by atoms with Crippen LogP contribution in [0.2, 0.25) is 0 Å². The molecule has 0 spiro atoms. The standard InChI is InChI=1S/C11H20O3/c1-8-5-11(12,6-9(2)14-8)10-3-4-13-7-10/h8-10,12H,3-7H2,1-2H3. The molecule has 0 saturated carbocycles. The van der Waals surface area contributed by atoms with Crippen LogP contribution >= 0.6 is 0 Å². The first-order valence-electron chi connectivity index (χ1n) is 5.56. The van der Waals surface area contributed by atoms with Crippen LogP contribution in [0.4, 0.5) is 0 Å². The minimum Gasteiger partial charge on any atom is -0.389 e. The summed E-state index contributed by atoms with van der Waals surface area (Å²) in [5.41, 5.74) is -0.548. The highest BCUT2D eigenvalue weighted by molar-refractivity contribution is 4.94. The van der Waals surface area contributed by atoms with E-state index in [1.807, 2.05) is 13.8 Å². The molecule has 0 amide bonds. The first-order valence-corrected chi connectivity index (χ1v) is 5.56. The highest BCUT2D eigenvalue weighted by Gasteiger charge is 2.44. The van der Waals surface area contributed by atoms with Crippen LogP contribution in [-0.4, -0.2) is 36.1 Å². The van der Waals surface area contributed by atoms with Crippen molar-refractivity contribution in [3.8, 4) is 0 Å². The molecule has 2 saturated heterocycles.